The summed E-state index contributed by atoms with van der Waals surface area (Å²) >= 11 is 0. The van der Waals surface area contributed by atoms with E-state index in [9.17, 15) is 4.79 Å². The van der Waals surface area contributed by atoms with Crippen LogP contribution in [0.1, 0.15) is 56.5 Å². The Morgan fingerprint density at radius 3 is 2.28 bits per heavy atom. The standard InChI is InChI=1S/C22H36N4O2.HI/c1-5-23-22(26-15-13-20(14-16-26)28-8-4)24-17-18-9-11-19(12-10-18)21(27)25(6-2)7-3;/h9-12,20H,5-8,13-17H2,1-4H3,(H,23,24);1H. The second-order valence-corrected chi connectivity index (χ2v) is 6.99. The number of guanidine groups is 1. The molecule has 0 unspecified atom stereocenters. The van der Waals surface area contributed by atoms with Gasteiger partial charge in [-0.3, -0.25) is 4.79 Å². The third-order valence-corrected chi connectivity index (χ3v) is 5.14. The fourth-order valence-corrected chi connectivity index (χ4v) is 3.51. The number of piperidine rings is 1. The maximum absolute atomic E-state index is 12.4. The molecular weight excluding hydrogens is 479 g/mol. The van der Waals surface area contributed by atoms with E-state index >= 15 is 0 Å². The fraction of sp³-hybridized carbons (Fsp3) is 0.636. The van der Waals surface area contributed by atoms with Gasteiger partial charge in [0.1, 0.15) is 0 Å². The average Bonchev–Trinajstić information content (AvgIpc) is 2.73. The van der Waals surface area contributed by atoms with Crippen LogP contribution in [0, 0.1) is 0 Å². The highest BCUT2D eigenvalue weighted by Crippen LogP contribution is 2.14. The molecule has 164 valence electrons. The minimum absolute atomic E-state index is 0. The van der Waals surface area contributed by atoms with E-state index in [2.05, 4.69) is 24.1 Å². The second kappa shape index (κ2) is 13.8. The summed E-state index contributed by atoms with van der Waals surface area (Å²) in [5.74, 6) is 1.05. The molecule has 0 bridgehead atoms. The number of nitrogens with zero attached hydrogens (tertiary/aromatic N) is 3. The molecule has 1 aliphatic rings. The summed E-state index contributed by atoms with van der Waals surface area (Å²) in [4.78, 5) is 21.4. The summed E-state index contributed by atoms with van der Waals surface area (Å²) in [5, 5.41) is 3.40. The van der Waals surface area contributed by atoms with Crippen LogP contribution in [0.15, 0.2) is 29.3 Å². The van der Waals surface area contributed by atoms with Crippen molar-refractivity contribution in [1.29, 1.82) is 0 Å². The highest BCUT2D eigenvalue weighted by molar-refractivity contribution is 14.0. The number of ether oxygens (including phenoxy) is 1. The number of carbonyl (C=O) groups is 1. The molecule has 0 aromatic heterocycles. The highest BCUT2D eigenvalue weighted by Gasteiger charge is 2.21. The molecule has 0 aliphatic carbocycles. The summed E-state index contributed by atoms with van der Waals surface area (Å²) in [7, 11) is 0. The van der Waals surface area contributed by atoms with Crippen molar-refractivity contribution >= 4 is 35.8 Å². The molecule has 1 saturated heterocycles. The van der Waals surface area contributed by atoms with Crippen molar-refractivity contribution in [3.05, 3.63) is 35.4 Å². The number of likely N-dealkylation sites (tertiary alicyclic amines) is 1. The lowest BCUT2D eigenvalue weighted by Crippen LogP contribution is -2.47. The fourth-order valence-electron chi connectivity index (χ4n) is 3.51. The SMILES string of the molecule is CCNC(=NCc1ccc(C(=O)N(CC)CC)cc1)N1CCC(OCC)CC1.I. The molecule has 29 heavy (non-hydrogen) atoms. The zero-order chi connectivity index (χ0) is 20.4. The lowest BCUT2D eigenvalue weighted by atomic mass is 10.1. The van der Waals surface area contributed by atoms with Gasteiger partial charge in [0.15, 0.2) is 5.96 Å². The van der Waals surface area contributed by atoms with E-state index in [1.54, 1.807) is 0 Å². The largest absolute Gasteiger partial charge is 0.378 e. The van der Waals surface area contributed by atoms with E-state index in [4.69, 9.17) is 9.73 Å². The zero-order valence-corrected chi connectivity index (χ0v) is 20.6. The van der Waals surface area contributed by atoms with Crippen LogP contribution in [0.2, 0.25) is 0 Å². The summed E-state index contributed by atoms with van der Waals surface area (Å²) in [6.07, 6.45) is 2.46. The molecule has 0 spiro atoms. The van der Waals surface area contributed by atoms with Crippen LogP contribution >= 0.6 is 24.0 Å². The lowest BCUT2D eigenvalue weighted by Gasteiger charge is -2.34. The van der Waals surface area contributed by atoms with E-state index in [0.717, 1.165) is 69.3 Å². The van der Waals surface area contributed by atoms with E-state index < -0.39 is 0 Å². The van der Waals surface area contributed by atoms with Crippen LogP contribution in [0.25, 0.3) is 0 Å². The minimum atomic E-state index is 0. The number of hydrogen-bond donors (Lipinski definition) is 1. The Hall–Kier alpha value is -1.35. The van der Waals surface area contributed by atoms with Crippen molar-refractivity contribution in [3.63, 3.8) is 0 Å². The maximum atomic E-state index is 12.4. The van der Waals surface area contributed by atoms with Crippen LogP contribution in [-0.2, 0) is 11.3 Å². The molecular formula is C22H37IN4O2. The van der Waals surface area contributed by atoms with Crippen molar-refractivity contribution in [1.82, 2.24) is 15.1 Å². The predicted octanol–water partition coefficient (Wildman–Crippen LogP) is 3.75. The van der Waals surface area contributed by atoms with Crippen LogP contribution < -0.4 is 5.32 Å². The molecule has 6 nitrogen and oxygen atoms in total. The van der Waals surface area contributed by atoms with E-state index in [-0.39, 0.29) is 29.9 Å². The first kappa shape index (κ1) is 25.7. The number of aliphatic imine (C=N–C) groups is 1. The van der Waals surface area contributed by atoms with Gasteiger partial charge < -0.3 is 19.9 Å². The van der Waals surface area contributed by atoms with Crippen LogP contribution in [0.4, 0.5) is 0 Å². The van der Waals surface area contributed by atoms with E-state index in [1.165, 1.54) is 0 Å². The van der Waals surface area contributed by atoms with Gasteiger partial charge in [0.25, 0.3) is 5.91 Å². The third kappa shape index (κ3) is 7.77. The monoisotopic (exact) mass is 516 g/mol. The number of amides is 1. The summed E-state index contributed by atoms with van der Waals surface area (Å²) in [6.45, 7) is 13.8. The van der Waals surface area contributed by atoms with Gasteiger partial charge in [0, 0.05) is 44.9 Å². The predicted molar refractivity (Wildman–Crippen MR) is 130 cm³/mol. The number of rotatable bonds is 8. The Morgan fingerprint density at radius 1 is 1.14 bits per heavy atom. The third-order valence-electron chi connectivity index (χ3n) is 5.14. The molecule has 0 radical (unpaired) electrons. The molecule has 0 saturated carbocycles. The van der Waals surface area contributed by atoms with E-state index in [1.807, 2.05) is 43.0 Å². The molecule has 1 heterocycles. The average molecular weight is 516 g/mol. The summed E-state index contributed by atoms with van der Waals surface area (Å²) in [5.41, 5.74) is 1.84. The number of halogens is 1. The van der Waals surface area contributed by atoms with Gasteiger partial charge >= 0.3 is 0 Å². The number of hydrogen-bond acceptors (Lipinski definition) is 3. The topological polar surface area (TPSA) is 57.2 Å². The summed E-state index contributed by atoms with van der Waals surface area (Å²) in [6, 6.07) is 7.83. The Balaban J connectivity index is 0.00000420. The van der Waals surface area contributed by atoms with Crippen molar-refractivity contribution in [3.8, 4) is 0 Å². The van der Waals surface area contributed by atoms with Crippen molar-refractivity contribution in [2.45, 2.75) is 53.2 Å². The Kier molecular flexibility index (Phi) is 12.2. The van der Waals surface area contributed by atoms with Gasteiger partial charge in [-0.2, -0.15) is 0 Å². The van der Waals surface area contributed by atoms with Crippen LogP contribution in [0.5, 0.6) is 0 Å². The molecule has 1 fully saturated rings. The second-order valence-electron chi connectivity index (χ2n) is 6.99. The summed E-state index contributed by atoms with van der Waals surface area (Å²) < 4.78 is 5.75. The first-order chi connectivity index (χ1) is 13.6. The Morgan fingerprint density at radius 2 is 1.76 bits per heavy atom. The van der Waals surface area contributed by atoms with Gasteiger partial charge in [-0.1, -0.05) is 12.1 Å². The first-order valence-corrected chi connectivity index (χ1v) is 10.7. The molecule has 0 atom stereocenters. The van der Waals surface area contributed by atoms with Crippen molar-refractivity contribution in [2.75, 3.05) is 39.3 Å². The molecule has 1 aromatic rings. The van der Waals surface area contributed by atoms with Gasteiger partial charge in [-0.15, -0.1) is 24.0 Å². The normalized spacial score (nSPS) is 15.0. The maximum Gasteiger partial charge on any atom is 0.253 e. The minimum Gasteiger partial charge on any atom is -0.378 e. The van der Waals surface area contributed by atoms with Gasteiger partial charge in [0.05, 0.1) is 12.6 Å². The van der Waals surface area contributed by atoms with E-state index in [0.29, 0.717) is 12.6 Å². The van der Waals surface area contributed by atoms with Crippen LogP contribution in [0.3, 0.4) is 0 Å². The Bertz CT molecular complexity index is 624. The van der Waals surface area contributed by atoms with Crippen LogP contribution in [-0.4, -0.2) is 67.1 Å². The first-order valence-electron chi connectivity index (χ1n) is 10.7. The molecule has 1 amide bonds. The molecule has 7 heteroatoms. The quantitative estimate of drug-likeness (QED) is 0.325. The van der Waals surface area contributed by atoms with Gasteiger partial charge in [-0.25, -0.2) is 4.99 Å². The zero-order valence-electron chi connectivity index (χ0n) is 18.3. The molecule has 2 rings (SSSR count). The van der Waals surface area contributed by atoms with Crippen molar-refractivity contribution in [2.24, 2.45) is 4.99 Å². The highest BCUT2D eigenvalue weighted by atomic mass is 127. The smallest absolute Gasteiger partial charge is 0.253 e. The molecule has 1 N–H and O–H groups in total. The number of nitrogens with one attached hydrogen (secondary N) is 1. The van der Waals surface area contributed by atoms with Crippen molar-refractivity contribution < 1.29 is 9.53 Å². The molecule has 1 aromatic carbocycles. The Labute approximate surface area is 193 Å². The van der Waals surface area contributed by atoms with Gasteiger partial charge in [0.2, 0.25) is 0 Å². The number of carbonyl (C=O) groups excluding carboxylic acids is 1. The lowest BCUT2D eigenvalue weighted by molar-refractivity contribution is 0.0263. The molecule has 1 aliphatic heterocycles. The number of benzene rings is 1. The van der Waals surface area contributed by atoms with Gasteiger partial charge in [-0.05, 0) is 58.2 Å².